The van der Waals surface area contributed by atoms with Crippen LogP contribution < -0.4 is 9.47 Å². The Kier molecular flexibility index (Phi) is 3.93. The number of rotatable bonds is 4. The molecule has 0 saturated heterocycles. The third kappa shape index (κ3) is 2.46. The van der Waals surface area contributed by atoms with Gasteiger partial charge in [0.2, 0.25) is 0 Å². The van der Waals surface area contributed by atoms with Gasteiger partial charge in [-0.15, -0.1) is 0 Å². The molecule has 0 bridgehead atoms. The molecule has 0 atom stereocenters. The molecule has 5 heteroatoms. The molecule has 0 N–H and O–H groups in total. The predicted molar refractivity (Wildman–Crippen MR) is 76.2 cm³/mol. The Morgan fingerprint density at radius 3 is 2.29 bits per heavy atom. The van der Waals surface area contributed by atoms with Gasteiger partial charge in [-0.05, 0) is 19.9 Å². The topological polar surface area (TPSA) is 69.7 Å². The van der Waals surface area contributed by atoms with Gasteiger partial charge in [-0.2, -0.15) is 0 Å². The van der Waals surface area contributed by atoms with Gasteiger partial charge in [0.1, 0.15) is 17.3 Å². The Labute approximate surface area is 122 Å². The minimum Gasteiger partial charge on any atom is -0.497 e. The zero-order valence-corrected chi connectivity index (χ0v) is 12.4. The molecule has 0 saturated carbocycles. The third-order valence-corrected chi connectivity index (χ3v) is 3.50. The number of Topliss-reactive ketones (excluding diaryl/α,β-unsaturated/α-hetero) is 3. The lowest BCUT2D eigenvalue weighted by Crippen LogP contribution is -2.23. The summed E-state index contributed by atoms with van der Waals surface area (Å²) < 4.78 is 10.3. The van der Waals surface area contributed by atoms with Crippen LogP contribution in [0.3, 0.4) is 0 Å². The zero-order chi connectivity index (χ0) is 15.7. The molecular weight excluding hydrogens is 272 g/mol. The van der Waals surface area contributed by atoms with E-state index in [0.717, 1.165) is 0 Å². The van der Waals surface area contributed by atoms with Crippen molar-refractivity contribution in [2.24, 2.45) is 0 Å². The Morgan fingerprint density at radius 2 is 1.76 bits per heavy atom. The van der Waals surface area contributed by atoms with Crippen molar-refractivity contribution in [2.45, 2.75) is 20.3 Å². The summed E-state index contributed by atoms with van der Waals surface area (Å²) in [5, 5.41) is 0. The van der Waals surface area contributed by atoms with Gasteiger partial charge in [-0.3, -0.25) is 14.4 Å². The molecule has 5 nitrogen and oxygen atoms in total. The van der Waals surface area contributed by atoms with Crippen LogP contribution in [0.1, 0.15) is 41.0 Å². The number of carbonyl (C=O) groups is 3. The highest BCUT2D eigenvalue weighted by molar-refractivity contribution is 6.28. The SMILES string of the molecule is COc1cc(OC)c2c(c1)C(=O)C(C)=C(CC(C)=O)C2=O. The maximum absolute atomic E-state index is 12.6. The predicted octanol–water partition coefficient (Wildman–Crippen LogP) is 2.38. The van der Waals surface area contributed by atoms with Crippen molar-refractivity contribution in [3.05, 3.63) is 34.4 Å². The van der Waals surface area contributed by atoms with E-state index in [-0.39, 0.29) is 46.2 Å². The number of fused-ring (bicyclic) bond motifs is 1. The molecule has 0 radical (unpaired) electrons. The first-order valence-corrected chi connectivity index (χ1v) is 6.45. The normalized spacial score (nSPS) is 14.1. The summed E-state index contributed by atoms with van der Waals surface area (Å²) in [6, 6.07) is 3.07. The molecule has 0 amide bonds. The van der Waals surface area contributed by atoms with Crippen molar-refractivity contribution in [1.29, 1.82) is 0 Å². The van der Waals surface area contributed by atoms with Crippen LogP contribution in [-0.2, 0) is 4.79 Å². The van der Waals surface area contributed by atoms with E-state index in [1.807, 2.05) is 0 Å². The second kappa shape index (κ2) is 5.52. The van der Waals surface area contributed by atoms with Gasteiger partial charge < -0.3 is 9.47 Å². The third-order valence-electron chi connectivity index (χ3n) is 3.50. The summed E-state index contributed by atoms with van der Waals surface area (Å²) in [4.78, 5) is 36.4. The number of ether oxygens (including phenoxy) is 2. The van der Waals surface area contributed by atoms with Crippen molar-refractivity contribution in [3.8, 4) is 11.5 Å². The molecule has 0 fully saturated rings. The Bertz CT molecular complexity index is 682. The molecule has 0 heterocycles. The van der Waals surface area contributed by atoms with Gasteiger partial charge in [-0.1, -0.05) is 0 Å². The van der Waals surface area contributed by atoms with Crippen molar-refractivity contribution in [2.75, 3.05) is 14.2 Å². The highest BCUT2D eigenvalue weighted by Gasteiger charge is 2.33. The van der Waals surface area contributed by atoms with Crippen molar-refractivity contribution in [1.82, 2.24) is 0 Å². The average molecular weight is 288 g/mol. The monoisotopic (exact) mass is 288 g/mol. The molecule has 0 aliphatic heterocycles. The first kappa shape index (κ1) is 15.0. The minimum absolute atomic E-state index is 0.0506. The van der Waals surface area contributed by atoms with Gasteiger partial charge >= 0.3 is 0 Å². The molecule has 21 heavy (non-hydrogen) atoms. The lowest BCUT2D eigenvalue weighted by molar-refractivity contribution is -0.116. The Hall–Kier alpha value is -2.43. The average Bonchev–Trinajstić information content (AvgIpc) is 2.47. The highest BCUT2D eigenvalue weighted by atomic mass is 16.5. The van der Waals surface area contributed by atoms with Crippen LogP contribution in [0.15, 0.2) is 23.3 Å². The summed E-state index contributed by atoms with van der Waals surface area (Å²) >= 11 is 0. The lowest BCUT2D eigenvalue weighted by Gasteiger charge is -2.21. The number of methoxy groups -OCH3 is 2. The summed E-state index contributed by atoms with van der Waals surface area (Å²) in [5.41, 5.74) is 0.993. The summed E-state index contributed by atoms with van der Waals surface area (Å²) in [6.07, 6.45) is -0.0506. The first-order valence-electron chi connectivity index (χ1n) is 6.45. The fraction of sp³-hybridized carbons (Fsp3) is 0.312. The van der Waals surface area contributed by atoms with E-state index < -0.39 is 0 Å². The van der Waals surface area contributed by atoms with Crippen molar-refractivity contribution >= 4 is 17.3 Å². The van der Waals surface area contributed by atoms with E-state index in [2.05, 4.69) is 0 Å². The van der Waals surface area contributed by atoms with Crippen LogP contribution in [0.25, 0.3) is 0 Å². The molecule has 1 aliphatic rings. The lowest BCUT2D eigenvalue weighted by atomic mass is 9.82. The van der Waals surface area contributed by atoms with Crippen LogP contribution in [0.4, 0.5) is 0 Å². The molecule has 1 aromatic carbocycles. The van der Waals surface area contributed by atoms with Crippen LogP contribution in [0, 0.1) is 0 Å². The fourth-order valence-electron chi connectivity index (χ4n) is 2.40. The molecule has 110 valence electrons. The number of benzene rings is 1. The highest BCUT2D eigenvalue weighted by Crippen LogP contribution is 2.36. The van der Waals surface area contributed by atoms with Crippen LogP contribution in [-0.4, -0.2) is 31.6 Å². The van der Waals surface area contributed by atoms with E-state index >= 15 is 0 Å². The molecular formula is C16H16O5. The van der Waals surface area contributed by atoms with Crippen LogP contribution in [0.5, 0.6) is 11.5 Å². The molecule has 2 rings (SSSR count). The van der Waals surface area contributed by atoms with Gasteiger partial charge in [0, 0.05) is 29.2 Å². The van der Waals surface area contributed by atoms with E-state index in [4.69, 9.17) is 9.47 Å². The van der Waals surface area contributed by atoms with Gasteiger partial charge in [0.05, 0.1) is 19.8 Å². The Morgan fingerprint density at radius 1 is 1.10 bits per heavy atom. The number of carbonyl (C=O) groups excluding carboxylic acids is 3. The largest absolute Gasteiger partial charge is 0.497 e. The molecule has 0 spiro atoms. The maximum atomic E-state index is 12.6. The molecule has 0 aromatic heterocycles. The fourth-order valence-corrected chi connectivity index (χ4v) is 2.40. The minimum atomic E-state index is -0.336. The summed E-state index contributed by atoms with van der Waals surface area (Å²) in [6.45, 7) is 2.95. The number of hydrogen-bond acceptors (Lipinski definition) is 5. The maximum Gasteiger partial charge on any atom is 0.194 e. The zero-order valence-electron chi connectivity index (χ0n) is 12.4. The molecule has 1 aromatic rings. The van der Waals surface area contributed by atoms with E-state index in [0.29, 0.717) is 11.3 Å². The first-order chi connectivity index (χ1) is 9.90. The van der Waals surface area contributed by atoms with Crippen molar-refractivity contribution < 1.29 is 23.9 Å². The standard InChI is InChI=1S/C16H16O5/c1-8(17)5-11-9(2)15(18)12-6-10(20-3)7-13(21-4)14(12)16(11)19/h6-7H,5H2,1-4H3. The number of allylic oxidation sites excluding steroid dienone is 2. The van der Waals surface area contributed by atoms with E-state index in [9.17, 15) is 14.4 Å². The second-order valence-corrected chi connectivity index (χ2v) is 4.89. The van der Waals surface area contributed by atoms with Gasteiger partial charge in [0.15, 0.2) is 11.6 Å². The number of ketones is 3. The molecule has 1 aliphatic carbocycles. The van der Waals surface area contributed by atoms with E-state index in [1.165, 1.54) is 27.2 Å². The Balaban J connectivity index is 2.69. The second-order valence-electron chi connectivity index (χ2n) is 4.89. The van der Waals surface area contributed by atoms with E-state index in [1.54, 1.807) is 13.0 Å². The molecule has 0 unspecified atom stereocenters. The quantitative estimate of drug-likeness (QED) is 0.850. The summed E-state index contributed by atoms with van der Waals surface area (Å²) in [7, 11) is 2.89. The van der Waals surface area contributed by atoms with Gasteiger partial charge in [0.25, 0.3) is 0 Å². The van der Waals surface area contributed by atoms with Crippen molar-refractivity contribution in [3.63, 3.8) is 0 Å². The summed E-state index contributed by atoms with van der Waals surface area (Å²) in [5.74, 6) is -0.0675. The van der Waals surface area contributed by atoms with Gasteiger partial charge in [-0.25, -0.2) is 0 Å². The number of hydrogen-bond donors (Lipinski definition) is 0. The van der Waals surface area contributed by atoms with Crippen LogP contribution >= 0.6 is 0 Å². The van der Waals surface area contributed by atoms with Crippen LogP contribution in [0.2, 0.25) is 0 Å². The smallest absolute Gasteiger partial charge is 0.194 e.